The first-order valence-electron chi connectivity index (χ1n) is 3.33. The van der Waals surface area contributed by atoms with E-state index >= 15 is 0 Å². The van der Waals surface area contributed by atoms with E-state index in [0.29, 0.717) is 12.8 Å². The topological polar surface area (TPSA) is 46.2 Å². The van der Waals surface area contributed by atoms with Gasteiger partial charge in [0.05, 0.1) is 5.60 Å². The first-order valence-corrected chi connectivity index (χ1v) is 3.33. The van der Waals surface area contributed by atoms with Crippen LogP contribution in [0, 0.1) is 0 Å². The summed E-state index contributed by atoms with van der Waals surface area (Å²) in [6, 6.07) is 0. The fourth-order valence-electron chi connectivity index (χ4n) is 0.787. The molecule has 0 saturated carbocycles. The summed E-state index contributed by atoms with van der Waals surface area (Å²) in [5, 5.41) is 9.55. The number of halogens is 1. The third-order valence-electron chi connectivity index (χ3n) is 1.43. The van der Waals surface area contributed by atoms with Crippen molar-refractivity contribution in [2.45, 2.75) is 18.4 Å². The Morgan fingerprint density at radius 3 is 1.82 bits per heavy atom. The van der Waals surface area contributed by atoms with Crippen molar-refractivity contribution in [1.82, 2.24) is 0 Å². The van der Waals surface area contributed by atoms with E-state index in [-0.39, 0.29) is 19.0 Å². The second-order valence-corrected chi connectivity index (χ2v) is 2.41. The van der Waals surface area contributed by atoms with Gasteiger partial charge < -0.3 is 10.8 Å². The van der Waals surface area contributed by atoms with E-state index in [1.54, 1.807) is 12.2 Å². The van der Waals surface area contributed by atoms with Gasteiger partial charge in [-0.05, 0) is 12.8 Å². The highest BCUT2D eigenvalue weighted by Crippen LogP contribution is 2.13. The Morgan fingerprint density at radius 2 is 1.64 bits per heavy atom. The molecule has 0 unspecified atom stereocenters. The van der Waals surface area contributed by atoms with Gasteiger partial charge in [-0.1, -0.05) is 12.2 Å². The number of aliphatic hydroxyl groups is 1. The van der Waals surface area contributed by atoms with Gasteiger partial charge in [-0.15, -0.1) is 25.6 Å². The van der Waals surface area contributed by atoms with Crippen LogP contribution < -0.4 is 5.73 Å². The second kappa shape index (κ2) is 6.40. The van der Waals surface area contributed by atoms with Crippen molar-refractivity contribution in [1.29, 1.82) is 0 Å². The first-order chi connectivity index (χ1) is 4.68. The van der Waals surface area contributed by atoms with Crippen LogP contribution in [0.3, 0.4) is 0 Å². The molecule has 11 heavy (non-hydrogen) atoms. The SMILES string of the molecule is C=CCC(O)(CN)CC=C.Cl. The fraction of sp³-hybridized carbons (Fsp3) is 0.500. The highest BCUT2D eigenvalue weighted by atomic mass is 35.5. The zero-order valence-corrected chi connectivity index (χ0v) is 7.44. The van der Waals surface area contributed by atoms with Gasteiger partial charge in [-0.3, -0.25) is 0 Å². The summed E-state index contributed by atoms with van der Waals surface area (Å²) in [4.78, 5) is 0. The molecule has 0 fully saturated rings. The average Bonchev–Trinajstić information content (AvgIpc) is 1.89. The van der Waals surface area contributed by atoms with E-state index in [0.717, 1.165) is 0 Å². The maximum absolute atomic E-state index is 9.55. The Morgan fingerprint density at radius 1 is 1.27 bits per heavy atom. The van der Waals surface area contributed by atoms with Gasteiger partial charge in [0.1, 0.15) is 0 Å². The van der Waals surface area contributed by atoms with Gasteiger partial charge in [0.2, 0.25) is 0 Å². The van der Waals surface area contributed by atoms with E-state index in [9.17, 15) is 5.11 Å². The Hall–Kier alpha value is -0.310. The summed E-state index contributed by atoms with van der Waals surface area (Å²) in [5.74, 6) is 0. The Labute approximate surface area is 74.2 Å². The lowest BCUT2D eigenvalue weighted by molar-refractivity contribution is 0.0556. The Bertz CT molecular complexity index is 115. The van der Waals surface area contributed by atoms with Gasteiger partial charge in [-0.2, -0.15) is 0 Å². The van der Waals surface area contributed by atoms with Crippen LogP contribution in [-0.4, -0.2) is 17.3 Å². The molecule has 0 bridgehead atoms. The average molecular weight is 178 g/mol. The lowest BCUT2D eigenvalue weighted by Gasteiger charge is -2.22. The largest absolute Gasteiger partial charge is 0.388 e. The summed E-state index contributed by atoms with van der Waals surface area (Å²) < 4.78 is 0. The van der Waals surface area contributed by atoms with Crippen LogP contribution in [0.2, 0.25) is 0 Å². The molecule has 0 aromatic rings. The van der Waals surface area contributed by atoms with Crippen molar-refractivity contribution in [2.24, 2.45) is 5.73 Å². The molecule has 0 aromatic carbocycles. The minimum atomic E-state index is -0.816. The second-order valence-electron chi connectivity index (χ2n) is 2.41. The number of hydrogen-bond acceptors (Lipinski definition) is 2. The summed E-state index contributed by atoms with van der Waals surface area (Å²) in [6.45, 7) is 7.31. The Kier molecular flexibility index (Phi) is 7.74. The summed E-state index contributed by atoms with van der Waals surface area (Å²) in [6.07, 6.45) is 4.37. The maximum Gasteiger partial charge on any atom is 0.0837 e. The van der Waals surface area contributed by atoms with Gasteiger partial charge in [0, 0.05) is 6.54 Å². The van der Waals surface area contributed by atoms with E-state index in [1.807, 2.05) is 0 Å². The van der Waals surface area contributed by atoms with Crippen molar-refractivity contribution in [3.05, 3.63) is 25.3 Å². The molecule has 0 aliphatic heterocycles. The molecule has 2 nitrogen and oxygen atoms in total. The summed E-state index contributed by atoms with van der Waals surface area (Å²) >= 11 is 0. The van der Waals surface area contributed by atoms with Crippen LogP contribution in [0.5, 0.6) is 0 Å². The number of hydrogen-bond donors (Lipinski definition) is 2. The van der Waals surface area contributed by atoms with Gasteiger partial charge in [-0.25, -0.2) is 0 Å². The predicted octanol–water partition coefficient (Wildman–Crippen LogP) is 1.25. The molecule has 3 heteroatoms. The zero-order valence-electron chi connectivity index (χ0n) is 6.62. The van der Waals surface area contributed by atoms with Gasteiger partial charge in [0.25, 0.3) is 0 Å². The molecular weight excluding hydrogens is 162 g/mol. The predicted molar refractivity (Wildman–Crippen MR) is 50.9 cm³/mol. The molecule has 0 atom stereocenters. The Balaban J connectivity index is 0. The summed E-state index contributed by atoms with van der Waals surface area (Å²) in [5.41, 5.74) is 4.52. The van der Waals surface area contributed by atoms with E-state index in [2.05, 4.69) is 13.2 Å². The van der Waals surface area contributed by atoms with Crippen molar-refractivity contribution in [2.75, 3.05) is 6.54 Å². The number of nitrogens with two attached hydrogens (primary N) is 1. The van der Waals surface area contributed by atoms with Crippen molar-refractivity contribution >= 4 is 12.4 Å². The molecule has 0 aliphatic rings. The molecule has 3 N–H and O–H groups in total. The van der Waals surface area contributed by atoms with E-state index in [1.165, 1.54) is 0 Å². The lowest BCUT2D eigenvalue weighted by atomic mass is 9.96. The summed E-state index contributed by atoms with van der Waals surface area (Å²) in [7, 11) is 0. The van der Waals surface area contributed by atoms with Crippen molar-refractivity contribution < 1.29 is 5.11 Å². The molecule has 0 radical (unpaired) electrons. The smallest absolute Gasteiger partial charge is 0.0837 e. The maximum atomic E-state index is 9.55. The highest BCUT2D eigenvalue weighted by molar-refractivity contribution is 5.85. The molecule has 0 aromatic heterocycles. The van der Waals surface area contributed by atoms with Crippen LogP contribution in [-0.2, 0) is 0 Å². The molecule has 0 spiro atoms. The lowest BCUT2D eigenvalue weighted by Crippen LogP contribution is -2.36. The quantitative estimate of drug-likeness (QED) is 0.621. The van der Waals surface area contributed by atoms with Crippen LogP contribution in [0.1, 0.15) is 12.8 Å². The van der Waals surface area contributed by atoms with Crippen molar-refractivity contribution in [3.8, 4) is 0 Å². The van der Waals surface area contributed by atoms with Crippen LogP contribution in [0.15, 0.2) is 25.3 Å². The minimum absolute atomic E-state index is 0. The van der Waals surface area contributed by atoms with E-state index in [4.69, 9.17) is 5.73 Å². The fourth-order valence-corrected chi connectivity index (χ4v) is 0.787. The normalized spacial score (nSPS) is 10.0. The van der Waals surface area contributed by atoms with Crippen LogP contribution in [0.4, 0.5) is 0 Å². The molecular formula is C8H16ClNO. The minimum Gasteiger partial charge on any atom is -0.388 e. The number of rotatable bonds is 5. The van der Waals surface area contributed by atoms with Crippen LogP contribution >= 0.6 is 12.4 Å². The third kappa shape index (κ3) is 5.01. The molecule has 0 aliphatic carbocycles. The molecule has 0 amide bonds. The van der Waals surface area contributed by atoms with Crippen molar-refractivity contribution in [3.63, 3.8) is 0 Å². The first kappa shape index (κ1) is 13.3. The molecule has 0 saturated heterocycles. The van der Waals surface area contributed by atoms with Gasteiger partial charge in [0.15, 0.2) is 0 Å². The van der Waals surface area contributed by atoms with E-state index < -0.39 is 5.60 Å². The standard InChI is InChI=1S/C8H15NO.ClH/c1-3-5-8(10,7-9)6-4-2;/h3-4,10H,1-2,5-7,9H2;1H. The highest BCUT2D eigenvalue weighted by Gasteiger charge is 2.20. The third-order valence-corrected chi connectivity index (χ3v) is 1.43. The molecule has 66 valence electrons. The van der Waals surface area contributed by atoms with Crippen LogP contribution in [0.25, 0.3) is 0 Å². The monoisotopic (exact) mass is 177 g/mol. The van der Waals surface area contributed by atoms with Gasteiger partial charge >= 0.3 is 0 Å². The zero-order chi connectivity index (χ0) is 8.04. The molecule has 0 heterocycles. The molecule has 0 rings (SSSR count).